The maximum absolute atomic E-state index is 12.3. The van der Waals surface area contributed by atoms with Crippen LogP contribution in [0.2, 0.25) is 0 Å². The third kappa shape index (κ3) is 4.95. The molecule has 0 bridgehead atoms. The zero-order valence-electron chi connectivity index (χ0n) is 23.4. The van der Waals surface area contributed by atoms with E-state index >= 15 is 0 Å². The van der Waals surface area contributed by atoms with Crippen LogP contribution in [0.1, 0.15) is 29.8 Å². The molecule has 0 amide bonds. The molecular formula is C34H32N4O3. The standard InChI is InChI=1S/C34H32N4O3/c1-22(2)21-38-31-26(13-9-14-27(31)35-32(38)25-12-7-8-15-30(25)39)33-36-28-20-24(34(40)41-3)16-17-29(28)37(33)19-18-23-10-5-4-6-11-23/h4-17,20,22,39H,18-19,21H2,1-3H3. The summed E-state index contributed by atoms with van der Waals surface area (Å²) in [5, 5.41) is 10.7. The van der Waals surface area contributed by atoms with Crippen molar-refractivity contribution in [2.45, 2.75) is 33.4 Å². The fourth-order valence-electron chi connectivity index (χ4n) is 5.47. The van der Waals surface area contributed by atoms with E-state index in [1.54, 1.807) is 18.2 Å². The number of imidazole rings is 2. The number of benzene rings is 4. The number of hydrogen-bond acceptors (Lipinski definition) is 5. The van der Waals surface area contributed by atoms with Gasteiger partial charge in [0.25, 0.3) is 0 Å². The van der Waals surface area contributed by atoms with Crippen LogP contribution in [-0.4, -0.2) is 37.3 Å². The summed E-state index contributed by atoms with van der Waals surface area (Å²) in [7, 11) is 1.38. The Labute approximate surface area is 238 Å². The molecule has 4 aromatic carbocycles. The topological polar surface area (TPSA) is 82.2 Å². The van der Waals surface area contributed by atoms with Gasteiger partial charge in [0.05, 0.1) is 40.3 Å². The van der Waals surface area contributed by atoms with Crippen LogP contribution in [0, 0.1) is 5.92 Å². The lowest BCUT2D eigenvalue weighted by molar-refractivity contribution is 0.0601. The van der Waals surface area contributed by atoms with E-state index in [0.29, 0.717) is 30.1 Å². The summed E-state index contributed by atoms with van der Waals surface area (Å²) < 4.78 is 9.40. The first-order chi connectivity index (χ1) is 19.9. The van der Waals surface area contributed by atoms with Crippen molar-refractivity contribution in [2.75, 3.05) is 7.11 Å². The van der Waals surface area contributed by atoms with E-state index in [1.807, 2.05) is 42.5 Å². The lowest BCUT2D eigenvalue weighted by atomic mass is 10.1. The summed E-state index contributed by atoms with van der Waals surface area (Å²) in [6.07, 6.45) is 0.822. The maximum atomic E-state index is 12.3. The van der Waals surface area contributed by atoms with Gasteiger partial charge in [-0.2, -0.15) is 0 Å². The monoisotopic (exact) mass is 544 g/mol. The molecule has 0 unspecified atom stereocenters. The molecule has 41 heavy (non-hydrogen) atoms. The molecule has 2 heterocycles. The lowest BCUT2D eigenvalue weighted by Gasteiger charge is -2.15. The van der Waals surface area contributed by atoms with Crippen LogP contribution in [0.3, 0.4) is 0 Å². The van der Waals surface area contributed by atoms with Crippen molar-refractivity contribution in [3.8, 4) is 28.5 Å². The fraction of sp³-hybridized carbons (Fsp3) is 0.206. The first-order valence-corrected chi connectivity index (χ1v) is 13.8. The minimum absolute atomic E-state index is 0.194. The first-order valence-electron chi connectivity index (χ1n) is 13.8. The van der Waals surface area contributed by atoms with Gasteiger partial charge in [0.1, 0.15) is 17.4 Å². The largest absolute Gasteiger partial charge is 0.507 e. The predicted molar refractivity (Wildman–Crippen MR) is 162 cm³/mol. The normalized spacial score (nSPS) is 11.5. The number of fused-ring (bicyclic) bond motifs is 2. The van der Waals surface area contributed by atoms with Crippen molar-refractivity contribution in [3.05, 3.63) is 102 Å². The van der Waals surface area contributed by atoms with Crippen LogP contribution in [0.25, 0.3) is 44.8 Å². The summed E-state index contributed by atoms with van der Waals surface area (Å²) in [6.45, 7) is 5.77. The molecule has 6 rings (SSSR count). The van der Waals surface area contributed by atoms with Crippen LogP contribution in [0.15, 0.2) is 91.0 Å². The highest BCUT2D eigenvalue weighted by Gasteiger charge is 2.23. The Morgan fingerprint density at radius 3 is 2.29 bits per heavy atom. The second-order valence-electron chi connectivity index (χ2n) is 10.6. The summed E-state index contributed by atoms with van der Waals surface area (Å²) in [4.78, 5) is 22.4. The number of aromatic hydroxyl groups is 1. The molecule has 0 spiro atoms. The smallest absolute Gasteiger partial charge is 0.337 e. The van der Waals surface area contributed by atoms with Gasteiger partial charge < -0.3 is 19.0 Å². The van der Waals surface area contributed by atoms with E-state index in [1.165, 1.54) is 12.7 Å². The number of esters is 1. The third-order valence-corrected chi connectivity index (χ3v) is 7.34. The SMILES string of the molecule is COC(=O)c1ccc2c(c1)nc(-c1cccc3nc(-c4ccccc4O)n(CC(C)C)c13)n2CCc1ccccc1. The first kappa shape index (κ1) is 26.3. The second-order valence-corrected chi connectivity index (χ2v) is 10.6. The molecule has 0 fully saturated rings. The van der Waals surface area contributed by atoms with Crippen molar-refractivity contribution < 1.29 is 14.6 Å². The molecule has 7 heteroatoms. The highest BCUT2D eigenvalue weighted by Crippen LogP contribution is 2.37. The van der Waals surface area contributed by atoms with E-state index in [9.17, 15) is 9.90 Å². The van der Waals surface area contributed by atoms with Gasteiger partial charge in [-0.15, -0.1) is 0 Å². The molecule has 0 saturated heterocycles. The number of rotatable bonds is 8. The van der Waals surface area contributed by atoms with Crippen LogP contribution in [-0.2, 0) is 24.2 Å². The number of methoxy groups -OCH3 is 1. The van der Waals surface area contributed by atoms with Crippen LogP contribution in [0.5, 0.6) is 5.75 Å². The number of phenols is 1. The van der Waals surface area contributed by atoms with Gasteiger partial charge in [0.15, 0.2) is 0 Å². The minimum Gasteiger partial charge on any atom is -0.507 e. The molecule has 0 atom stereocenters. The van der Waals surface area contributed by atoms with Crippen molar-refractivity contribution >= 4 is 28.0 Å². The number of nitrogens with zero attached hydrogens (tertiary/aromatic N) is 4. The second kappa shape index (κ2) is 10.9. The molecule has 0 aliphatic rings. The van der Waals surface area contributed by atoms with Gasteiger partial charge in [0, 0.05) is 18.7 Å². The lowest BCUT2D eigenvalue weighted by Crippen LogP contribution is -2.08. The van der Waals surface area contributed by atoms with Crippen molar-refractivity contribution in [3.63, 3.8) is 0 Å². The van der Waals surface area contributed by atoms with Gasteiger partial charge in [-0.1, -0.05) is 62.4 Å². The van der Waals surface area contributed by atoms with E-state index in [-0.39, 0.29) is 5.75 Å². The van der Waals surface area contributed by atoms with Crippen molar-refractivity contribution in [2.24, 2.45) is 5.92 Å². The average Bonchev–Trinajstić information content (AvgIpc) is 3.53. The van der Waals surface area contributed by atoms with Gasteiger partial charge in [-0.05, 0) is 60.4 Å². The Morgan fingerprint density at radius 1 is 0.829 bits per heavy atom. The Bertz CT molecular complexity index is 1870. The van der Waals surface area contributed by atoms with Gasteiger partial charge in [-0.25, -0.2) is 14.8 Å². The van der Waals surface area contributed by atoms with E-state index in [2.05, 4.69) is 53.3 Å². The molecule has 0 saturated carbocycles. The van der Waals surface area contributed by atoms with Crippen LogP contribution >= 0.6 is 0 Å². The molecule has 2 aromatic heterocycles. The minimum atomic E-state index is -0.392. The predicted octanol–water partition coefficient (Wildman–Crippen LogP) is 7.11. The van der Waals surface area contributed by atoms with E-state index in [4.69, 9.17) is 14.7 Å². The Kier molecular flexibility index (Phi) is 7.01. The molecule has 7 nitrogen and oxygen atoms in total. The molecule has 6 aromatic rings. The van der Waals surface area contributed by atoms with Gasteiger partial charge >= 0.3 is 5.97 Å². The highest BCUT2D eigenvalue weighted by atomic mass is 16.5. The van der Waals surface area contributed by atoms with Gasteiger partial charge in [-0.3, -0.25) is 0 Å². The van der Waals surface area contributed by atoms with E-state index in [0.717, 1.165) is 45.7 Å². The third-order valence-electron chi connectivity index (χ3n) is 7.34. The number of aryl methyl sites for hydroxylation is 2. The number of ether oxygens (including phenoxy) is 1. The zero-order chi connectivity index (χ0) is 28.5. The quantitative estimate of drug-likeness (QED) is 0.207. The molecule has 1 N–H and O–H groups in total. The maximum Gasteiger partial charge on any atom is 0.337 e. The van der Waals surface area contributed by atoms with E-state index < -0.39 is 5.97 Å². The Morgan fingerprint density at radius 2 is 1.54 bits per heavy atom. The summed E-state index contributed by atoms with van der Waals surface area (Å²) in [5.74, 6) is 1.66. The average molecular weight is 545 g/mol. The van der Waals surface area contributed by atoms with Gasteiger partial charge in [0.2, 0.25) is 0 Å². The molecule has 0 aliphatic heterocycles. The van der Waals surface area contributed by atoms with Crippen LogP contribution < -0.4 is 0 Å². The highest BCUT2D eigenvalue weighted by molar-refractivity contribution is 5.97. The molecule has 206 valence electrons. The summed E-state index contributed by atoms with van der Waals surface area (Å²) in [5.41, 5.74) is 6.79. The van der Waals surface area contributed by atoms with Crippen LogP contribution in [0.4, 0.5) is 0 Å². The summed E-state index contributed by atoms with van der Waals surface area (Å²) >= 11 is 0. The number of carbonyl (C=O) groups excluding carboxylic acids is 1. The molecule has 0 aliphatic carbocycles. The zero-order valence-corrected chi connectivity index (χ0v) is 23.4. The van der Waals surface area contributed by atoms with Crippen molar-refractivity contribution in [1.29, 1.82) is 0 Å². The summed E-state index contributed by atoms with van der Waals surface area (Å²) in [6, 6.07) is 29.3. The Balaban J connectivity index is 1.59. The number of aromatic nitrogens is 4. The number of carbonyl (C=O) groups is 1. The Hall–Kier alpha value is -4.91. The number of hydrogen-bond donors (Lipinski definition) is 1. The molecule has 0 radical (unpaired) electrons. The number of phenolic OH excluding ortho intramolecular Hbond substituents is 1. The number of para-hydroxylation sites is 2. The fourth-order valence-corrected chi connectivity index (χ4v) is 5.47. The molecular weight excluding hydrogens is 512 g/mol. The van der Waals surface area contributed by atoms with Crippen molar-refractivity contribution in [1.82, 2.24) is 19.1 Å².